The fourth-order valence-corrected chi connectivity index (χ4v) is 3.83. The van der Waals surface area contributed by atoms with Gasteiger partial charge in [0.25, 0.3) is 5.91 Å². The Labute approximate surface area is 170 Å². The van der Waals surface area contributed by atoms with E-state index in [2.05, 4.69) is 4.98 Å². The van der Waals surface area contributed by atoms with Crippen molar-refractivity contribution in [1.82, 2.24) is 9.88 Å². The maximum absolute atomic E-state index is 12.6. The molecule has 1 atom stereocenters. The highest BCUT2D eigenvalue weighted by Gasteiger charge is 2.26. The van der Waals surface area contributed by atoms with Gasteiger partial charge in [-0.15, -0.1) is 36.2 Å². The third-order valence-electron chi connectivity index (χ3n) is 4.63. The maximum Gasteiger partial charge on any atom is 0.273 e. The van der Waals surface area contributed by atoms with E-state index in [-0.39, 0.29) is 36.8 Å². The van der Waals surface area contributed by atoms with Crippen LogP contribution in [0.2, 0.25) is 0 Å². The third kappa shape index (κ3) is 5.10. The van der Waals surface area contributed by atoms with E-state index in [9.17, 15) is 4.79 Å². The first-order valence-electron chi connectivity index (χ1n) is 8.23. The van der Waals surface area contributed by atoms with Gasteiger partial charge in [0, 0.05) is 30.1 Å². The number of methoxy groups -OCH3 is 1. The van der Waals surface area contributed by atoms with E-state index in [0.29, 0.717) is 11.6 Å². The van der Waals surface area contributed by atoms with Crippen LogP contribution in [-0.2, 0) is 0 Å². The second-order valence-corrected chi connectivity index (χ2v) is 7.11. The van der Waals surface area contributed by atoms with Gasteiger partial charge in [0.2, 0.25) is 0 Å². The minimum atomic E-state index is 0. The summed E-state index contributed by atoms with van der Waals surface area (Å²) >= 11 is 1.49. The maximum atomic E-state index is 12.6. The Morgan fingerprint density at radius 3 is 2.42 bits per heavy atom. The van der Waals surface area contributed by atoms with E-state index < -0.39 is 0 Å². The van der Waals surface area contributed by atoms with Gasteiger partial charge in [0.1, 0.15) is 16.5 Å². The van der Waals surface area contributed by atoms with Crippen LogP contribution in [0.25, 0.3) is 10.6 Å². The van der Waals surface area contributed by atoms with E-state index in [1.807, 2.05) is 41.5 Å². The number of carbonyl (C=O) groups is 1. The summed E-state index contributed by atoms with van der Waals surface area (Å²) in [6.07, 6.45) is 1.94. The summed E-state index contributed by atoms with van der Waals surface area (Å²) in [5.41, 5.74) is 7.49. The molecule has 0 radical (unpaired) electrons. The lowest BCUT2D eigenvalue weighted by Gasteiger charge is -2.33. The average molecular weight is 418 g/mol. The number of aromatic nitrogens is 1. The lowest BCUT2D eigenvalue weighted by atomic mass is 9.91. The van der Waals surface area contributed by atoms with Gasteiger partial charge in [-0.1, -0.05) is 0 Å². The van der Waals surface area contributed by atoms with Crippen molar-refractivity contribution in [2.24, 2.45) is 11.7 Å². The van der Waals surface area contributed by atoms with Crippen molar-refractivity contribution in [3.8, 4) is 16.3 Å². The molecule has 0 aliphatic carbocycles. The number of piperidine rings is 1. The van der Waals surface area contributed by atoms with Gasteiger partial charge in [0.15, 0.2) is 0 Å². The molecule has 2 aromatic rings. The van der Waals surface area contributed by atoms with Crippen LogP contribution in [0.1, 0.15) is 30.3 Å². The summed E-state index contributed by atoms with van der Waals surface area (Å²) in [5, 5.41) is 2.70. The molecule has 3 rings (SSSR count). The number of hydrogen-bond donors (Lipinski definition) is 1. The molecule has 0 saturated carbocycles. The Hall–Kier alpha value is -1.34. The first kappa shape index (κ1) is 22.7. The van der Waals surface area contributed by atoms with Crippen LogP contribution in [0.5, 0.6) is 5.75 Å². The number of halogens is 2. The van der Waals surface area contributed by atoms with Crippen molar-refractivity contribution in [2.45, 2.75) is 25.8 Å². The summed E-state index contributed by atoms with van der Waals surface area (Å²) in [5.74, 6) is 1.34. The van der Waals surface area contributed by atoms with E-state index in [1.54, 1.807) is 7.11 Å². The quantitative estimate of drug-likeness (QED) is 0.819. The Bertz CT molecular complexity index is 699. The highest BCUT2D eigenvalue weighted by atomic mass is 35.5. The van der Waals surface area contributed by atoms with E-state index >= 15 is 0 Å². The number of thiazole rings is 1. The van der Waals surface area contributed by atoms with Crippen LogP contribution >= 0.6 is 36.2 Å². The van der Waals surface area contributed by atoms with Gasteiger partial charge in [0.05, 0.1) is 7.11 Å². The van der Waals surface area contributed by atoms with Crippen molar-refractivity contribution in [3.63, 3.8) is 0 Å². The van der Waals surface area contributed by atoms with E-state index in [1.165, 1.54) is 11.3 Å². The third-order valence-corrected chi connectivity index (χ3v) is 5.52. The number of amides is 1. The second kappa shape index (κ2) is 10.1. The topological polar surface area (TPSA) is 68.5 Å². The molecule has 144 valence electrons. The lowest BCUT2D eigenvalue weighted by Crippen LogP contribution is -2.42. The smallest absolute Gasteiger partial charge is 0.273 e. The Kier molecular flexibility index (Phi) is 8.83. The Morgan fingerprint density at radius 1 is 1.27 bits per heavy atom. The molecule has 8 heteroatoms. The Morgan fingerprint density at radius 2 is 1.88 bits per heavy atom. The molecule has 1 aromatic carbocycles. The zero-order valence-corrected chi connectivity index (χ0v) is 17.3. The van der Waals surface area contributed by atoms with Gasteiger partial charge in [-0.25, -0.2) is 4.98 Å². The molecule has 0 bridgehead atoms. The second-order valence-electron chi connectivity index (χ2n) is 6.26. The van der Waals surface area contributed by atoms with Crippen LogP contribution < -0.4 is 10.5 Å². The summed E-state index contributed by atoms with van der Waals surface area (Å²) < 4.78 is 5.17. The Balaban J connectivity index is 0.00000169. The molecule has 1 aliphatic rings. The molecule has 1 saturated heterocycles. The van der Waals surface area contributed by atoms with Crippen LogP contribution in [-0.4, -0.2) is 42.0 Å². The highest BCUT2D eigenvalue weighted by Crippen LogP contribution is 2.27. The molecule has 1 aromatic heterocycles. The van der Waals surface area contributed by atoms with Crippen LogP contribution in [0.4, 0.5) is 0 Å². The monoisotopic (exact) mass is 417 g/mol. The largest absolute Gasteiger partial charge is 0.497 e. The molecule has 1 aliphatic heterocycles. The highest BCUT2D eigenvalue weighted by molar-refractivity contribution is 7.13. The van der Waals surface area contributed by atoms with Crippen molar-refractivity contribution in [2.75, 3.05) is 20.2 Å². The molecule has 5 nitrogen and oxygen atoms in total. The van der Waals surface area contributed by atoms with Crippen molar-refractivity contribution in [3.05, 3.63) is 35.3 Å². The molecular weight excluding hydrogens is 393 g/mol. The van der Waals surface area contributed by atoms with Gasteiger partial charge < -0.3 is 15.4 Å². The molecule has 1 amide bonds. The van der Waals surface area contributed by atoms with Gasteiger partial charge in [-0.3, -0.25) is 4.79 Å². The first-order chi connectivity index (χ1) is 11.6. The lowest BCUT2D eigenvalue weighted by molar-refractivity contribution is 0.0676. The van der Waals surface area contributed by atoms with Crippen LogP contribution in [0.3, 0.4) is 0 Å². The molecule has 26 heavy (non-hydrogen) atoms. The molecule has 0 spiro atoms. The van der Waals surface area contributed by atoms with Crippen molar-refractivity contribution in [1.29, 1.82) is 0 Å². The minimum absolute atomic E-state index is 0. The zero-order chi connectivity index (χ0) is 17.1. The van der Waals surface area contributed by atoms with Crippen LogP contribution in [0.15, 0.2) is 29.6 Å². The molecule has 2 N–H and O–H groups in total. The zero-order valence-electron chi connectivity index (χ0n) is 14.9. The number of benzene rings is 1. The average Bonchev–Trinajstić information content (AvgIpc) is 3.11. The SMILES string of the molecule is COc1ccc(-c2nc(C(=O)N3CCC(C(C)N)CC3)cs2)cc1.Cl.Cl. The summed E-state index contributed by atoms with van der Waals surface area (Å²) in [7, 11) is 1.64. The van der Waals surface area contributed by atoms with E-state index in [4.69, 9.17) is 10.5 Å². The van der Waals surface area contributed by atoms with Gasteiger partial charge in [-0.05, 0) is 49.9 Å². The molecule has 1 unspecified atom stereocenters. The summed E-state index contributed by atoms with van der Waals surface area (Å²) in [6, 6.07) is 7.91. The van der Waals surface area contributed by atoms with Crippen molar-refractivity contribution >= 4 is 42.1 Å². The molecule has 1 fully saturated rings. The van der Waals surface area contributed by atoms with Gasteiger partial charge in [-0.2, -0.15) is 0 Å². The fourth-order valence-electron chi connectivity index (χ4n) is 3.03. The molecule has 2 heterocycles. The number of hydrogen-bond acceptors (Lipinski definition) is 5. The van der Waals surface area contributed by atoms with Crippen molar-refractivity contribution < 1.29 is 9.53 Å². The van der Waals surface area contributed by atoms with E-state index in [0.717, 1.165) is 42.3 Å². The first-order valence-corrected chi connectivity index (χ1v) is 9.11. The summed E-state index contributed by atoms with van der Waals surface area (Å²) in [4.78, 5) is 19.1. The number of nitrogens with two attached hydrogens (primary N) is 1. The predicted octanol–water partition coefficient (Wildman–Crippen LogP) is 3.86. The fraction of sp³-hybridized carbons (Fsp3) is 0.444. The number of likely N-dealkylation sites (tertiary alicyclic amines) is 1. The summed E-state index contributed by atoms with van der Waals surface area (Å²) in [6.45, 7) is 3.57. The number of ether oxygens (including phenoxy) is 1. The minimum Gasteiger partial charge on any atom is -0.497 e. The number of rotatable bonds is 4. The van der Waals surface area contributed by atoms with Crippen LogP contribution in [0, 0.1) is 5.92 Å². The predicted molar refractivity (Wildman–Crippen MR) is 111 cm³/mol. The normalized spacial score (nSPS) is 15.6. The number of nitrogens with zero attached hydrogens (tertiary/aromatic N) is 2. The molecular formula is C18H25Cl2N3O2S. The van der Waals surface area contributed by atoms with Gasteiger partial charge >= 0.3 is 0 Å². The standard InChI is InChI=1S/C18H23N3O2S.2ClH/c1-12(19)13-7-9-21(10-8-13)18(22)16-11-24-17(20-16)14-3-5-15(23-2)6-4-14;;/h3-6,11-13H,7-10,19H2,1-2H3;2*1H. The number of carbonyl (C=O) groups excluding carboxylic acids is 1.